The summed E-state index contributed by atoms with van der Waals surface area (Å²) in [5, 5.41) is 20.0. The summed E-state index contributed by atoms with van der Waals surface area (Å²) in [6.45, 7) is 7.05. The van der Waals surface area contributed by atoms with Gasteiger partial charge in [-0.25, -0.2) is 4.79 Å². The molecule has 2 N–H and O–H groups in total. The third kappa shape index (κ3) is 3.07. The Morgan fingerprint density at radius 2 is 1.95 bits per heavy atom. The van der Waals surface area contributed by atoms with E-state index in [1.807, 2.05) is 6.92 Å². The highest BCUT2D eigenvalue weighted by molar-refractivity contribution is 6.59. The standard InChI is InChI=1S/C14H17BClNO4/c1-8-5-6-10-9(12(8)16)7-11(15(19)20)17(10)13(18)21-14(2,3)4/h5-7,19-20H,1-4H3. The molecule has 0 unspecified atom stereocenters. The minimum absolute atomic E-state index is 0.0201. The number of carbonyl (C=O) groups excluding carboxylic acids is 1. The van der Waals surface area contributed by atoms with Crippen molar-refractivity contribution in [3.8, 4) is 0 Å². The number of hydrogen-bond donors (Lipinski definition) is 2. The summed E-state index contributed by atoms with van der Waals surface area (Å²) in [6.07, 6.45) is -0.680. The average molecular weight is 310 g/mol. The Bertz CT molecular complexity index is 703. The van der Waals surface area contributed by atoms with Gasteiger partial charge in [0.15, 0.2) is 0 Å². The number of aryl methyl sites for hydroxylation is 1. The van der Waals surface area contributed by atoms with Gasteiger partial charge in [0.2, 0.25) is 0 Å². The predicted molar refractivity (Wildman–Crippen MR) is 83.1 cm³/mol. The van der Waals surface area contributed by atoms with Crippen LogP contribution in [0.3, 0.4) is 0 Å². The number of hydrogen-bond acceptors (Lipinski definition) is 4. The molecule has 0 radical (unpaired) electrons. The van der Waals surface area contributed by atoms with Crippen LogP contribution in [0.15, 0.2) is 18.2 Å². The Morgan fingerprint density at radius 1 is 1.33 bits per heavy atom. The molecule has 0 spiro atoms. The Balaban J connectivity index is 2.68. The Kier molecular flexibility index (Phi) is 4.06. The van der Waals surface area contributed by atoms with Gasteiger partial charge in [0.1, 0.15) is 5.60 Å². The van der Waals surface area contributed by atoms with Crippen LogP contribution >= 0.6 is 11.6 Å². The van der Waals surface area contributed by atoms with Gasteiger partial charge in [-0.1, -0.05) is 17.7 Å². The molecule has 112 valence electrons. The van der Waals surface area contributed by atoms with E-state index in [-0.39, 0.29) is 5.59 Å². The van der Waals surface area contributed by atoms with Crippen LogP contribution in [0.5, 0.6) is 0 Å². The van der Waals surface area contributed by atoms with Gasteiger partial charge in [-0.3, -0.25) is 4.57 Å². The van der Waals surface area contributed by atoms with Crippen molar-refractivity contribution in [3.63, 3.8) is 0 Å². The van der Waals surface area contributed by atoms with Crippen LogP contribution in [0.25, 0.3) is 10.9 Å². The number of rotatable bonds is 1. The van der Waals surface area contributed by atoms with E-state index in [9.17, 15) is 14.8 Å². The second-order valence-electron chi connectivity index (χ2n) is 5.89. The molecule has 1 aromatic carbocycles. The SMILES string of the molecule is Cc1ccc2c(cc(B(O)O)n2C(=O)OC(C)(C)C)c1Cl. The molecule has 0 aliphatic heterocycles. The fourth-order valence-corrected chi connectivity index (χ4v) is 2.29. The first-order valence-corrected chi connectivity index (χ1v) is 6.89. The average Bonchev–Trinajstić information content (AvgIpc) is 2.72. The monoisotopic (exact) mass is 309 g/mol. The van der Waals surface area contributed by atoms with Crippen molar-refractivity contribution in [1.82, 2.24) is 4.57 Å². The highest BCUT2D eigenvalue weighted by atomic mass is 35.5. The van der Waals surface area contributed by atoms with Crippen LogP contribution in [-0.2, 0) is 4.74 Å². The molecule has 1 aromatic heterocycles. The Labute approximate surface area is 128 Å². The molecule has 5 nitrogen and oxygen atoms in total. The quantitative estimate of drug-likeness (QED) is 0.791. The molecular formula is C14H17BClNO4. The molecule has 1 heterocycles. The molecule has 0 saturated carbocycles. The number of benzene rings is 1. The smallest absolute Gasteiger partial charge is 0.443 e. The maximum atomic E-state index is 12.3. The van der Waals surface area contributed by atoms with Crippen LogP contribution < -0.4 is 5.59 Å². The molecule has 2 rings (SSSR count). The number of ether oxygens (including phenoxy) is 1. The van der Waals surface area contributed by atoms with Crippen molar-refractivity contribution < 1.29 is 19.6 Å². The van der Waals surface area contributed by atoms with Gasteiger partial charge in [0.25, 0.3) is 0 Å². The fourth-order valence-electron chi connectivity index (χ4n) is 2.08. The lowest BCUT2D eigenvalue weighted by Gasteiger charge is -2.21. The van der Waals surface area contributed by atoms with E-state index in [0.717, 1.165) is 10.1 Å². The maximum absolute atomic E-state index is 12.3. The summed E-state index contributed by atoms with van der Waals surface area (Å²) in [5.74, 6) is 0. The number of fused-ring (bicyclic) bond motifs is 1. The number of nitrogens with zero attached hydrogens (tertiary/aromatic N) is 1. The van der Waals surface area contributed by atoms with E-state index in [0.29, 0.717) is 15.9 Å². The third-order valence-electron chi connectivity index (χ3n) is 2.98. The lowest BCUT2D eigenvalue weighted by Crippen LogP contribution is -2.40. The minimum Gasteiger partial charge on any atom is -0.443 e. The lowest BCUT2D eigenvalue weighted by atomic mass is 9.86. The second-order valence-corrected chi connectivity index (χ2v) is 6.27. The van der Waals surface area contributed by atoms with Gasteiger partial charge in [0.05, 0.1) is 16.1 Å². The zero-order valence-corrected chi connectivity index (χ0v) is 13.1. The normalized spacial score (nSPS) is 11.8. The van der Waals surface area contributed by atoms with E-state index in [1.54, 1.807) is 32.9 Å². The summed E-state index contributed by atoms with van der Waals surface area (Å²) >= 11 is 6.23. The van der Waals surface area contributed by atoms with Gasteiger partial charge in [-0.15, -0.1) is 0 Å². The van der Waals surface area contributed by atoms with Crippen LogP contribution in [0.2, 0.25) is 5.02 Å². The largest absolute Gasteiger partial charge is 0.506 e. The van der Waals surface area contributed by atoms with Crippen LogP contribution in [0, 0.1) is 6.92 Å². The van der Waals surface area contributed by atoms with Crippen molar-refractivity contribution in [1.29, 1.82) is 0 Å². The molecule has 0 amide bonds. The zero-order valence-electron chi connectivity index (χ0n) is 12.3. The van der Waals surface area contributed by atoms with Crippen LogP contribution in [-0.4, -0.2) is 33.4 Å². The van der Waals surface area contributed by atoms with E-state index >= 15 is 0 Å². The van der Waals surface area contributed by atoms with Gasteiger partial charge in [0, 0.05) is 5.39 Å². The molecular weight excluding hydrogens is 292 g/mol. The number of halogens is 1. The van der Waals surface area contributed by atoms with E-state index in [1.165, 1.54) is 6.07 Å². The van der Waals surface area contributed by atoms with E-state index in [4.69, 9.17) is 16.3 Å². The Hall–Kier alpha value is -1.50. The van der Waals surface area contributed by atoms with E-state index in [2.05, 4.69) is 0 Å². The van der Waals surface area contributed by atoms with Crippen molar-refractivity contribution in [2.45, 2.75) is 33.3 Å². The van der Waals surface area contributed by atoms with Gasteiger partial charge in [-0.2, -0.15) is 0 Å². The molecule has 2 aromatic rings. The molecule has 21 heavy (non-hydrogen) atoms. The molecule has 0 aliphatic carbocycles. The molecule has 0 fully saturated rings. The van der Waals surface area contributed by atoms with Crippen LogP contribution in [0.4, 0.5) is 4.79 Å². The molecule has 0 atom stereocenters. The number of carbonyl (C=O) groups is 1. The topological polar surface area (TPSA) is 71.7 Å². The summed E-state index contributed by atoms with van der Waals surface area (Å²) in [4.78, 5) is 12.3. The third-order valence-corrected chi connectivity index (χ3v) is 3.48. The summed E-state index contributed by atoms with van der Waals surface area (Å²) in [7, 11) is -1.80. The van der Waals surface area contributed by atoms with Gasteiger partial charge >= 0.3 is 13.2 Å². The van der Waals surface area contributed by atoms with Crippen molar-refractivity contribution in [2.75, 3.05) is 0 Å². The molecule has 0 aliphatic rings. The van der Waals surface area contributed by atoms with Crippen molar-refractivity contribution in [3.05, 3.63) is 28.8 Å². The fraction of sp³-hybridized carbons (Fsp3) is 0.357. The lowest BCUT2D eigenvalue weighted by molar-refractivity contribution is 0.0547. The second kappa shape index (κ2) is 5.37. The summed E-state index contributed by atoms with van der Waals surface area (Å²) < 4.78 is 6.45. The first-order chi connectivity index (χ1) is 9.61. The highest BCUT2D eigenvalue weighted by Gasteiger charge is 2.27. The van der Waals surface area contributed by atoms with Crippen LogP contribution in [0.1, 0.15) is 26.3 Å². The predicted octanol–water partition coefficient (Wildman–Crippen LogP) is 2.07. The maximum Gasteiger partial charge on any atom is 0.506 e. The zero-order chi connectivity index (χ0) is 15.9. The number of aromatic nitrogens is 1. The molecule has 0 saturated heterocycles. The van der Waals surface area contributed by atoms with Gasteiger partial charge < -0.3 is 14.8 Å². The summed E-state index contributed by atoms with van der Waals surface area (Å²) in [5.41, 5.74) is 0.638. The highest BCUT2D eigenvalue weighted by Crippen LogP contribution is 2.27. The molecule has 7 heteroatoms. The van der Waals surface area contributed by atoms with Crippen molar-refractivity contribution >= 4 is 41.3 Å². The first kappa shape index (κ1) is 15.9. The molecule has 0 bridgehead atoms. The van der Waals surface area contributed by atoms with E-state index < -0.39 is 18.8 Å². The minimum atomic E-state index is -1.80. The first-order valence-electron chi connectivity index (χ1n) is 6.52. The van der Waals surface area contributed by atoms with Gasteiger partial charge in [-0.05, 0) is 45.4 Å². The Morgan fingerprint density at radius 3 is 2.48 bits per heavy atom. The van der Waals surface area contributed by atoms with Crippen molar-refractivity contribution in [2.24, 2.45) is 0 Å². The summed E-state index contributed by atoms with van der Waals surface area (Å²) in [6, 6.07) is 4.95.